The van der Waals surface area contributed by atoms with Crippen LogP contribution in [0.4, 0.5) is 0 Å². The lowest BCUT2D eigenvalue weighted by molar-refractivity contribution is 1.18. The van der Waals surface area contributed by atoms with Crippen molar-refractivity contribution in [2.75, 3.05) is 0 Å². The Kier molecular flexibility index (Phi) is 3.13. The Morgan fingerprint density at radius 1 is 0.727 bits per heavy atom. The second kappa shape index (κ2) is 5.41. The van der Waals surface area contributed by atoms with Crippen molar-refractivity contribution in [1.82, 2.24) is 9.97 Å². The van der Waals surface area contributed by atoms with E-state index in [4.69, 9.17) is 4.98 Å². The quantitative estimate of drug-likeness (QED) is 0.529. The molecule has 4 aromatic rings. The first kappa shape index (κ1) is 12.7. The first-order valence-corrected chi connectivity index (χ1v) is 7.19. The number of rotatable bonds is 2. The van der Waals surface area contributed by atoms with Gasteiger partial charge >= 0.3 is 0 Å². The van der Waals surface area contributed by atoms with Gasteiger partial charge in [0, 0.05) is 17.3 Å². The summed E-state index contributed by atoms with van der Waals surface area (Å²) in [6.07, 6.45) is 1.81. The van der Waals surface area contributed by atoms with E-state index in [9.17, 15) is 0 Å². The lowest BCUT2D eigenvalue weighted by Crippen LogP contribution is -1.91. The molecule has 0 aliphatic carbocycles. The molecule has 0 fully saturated rings. The van der Waals surface area contributed by atoms with Gasteiger partial charge in [0.05, 0.1) is 5.69 Å². The van der Waals surface area contributed by atoms with Crippen molar-refractivity contribution < 1.29 is 0 Å². The van der Waals surface area contributed by atoms with Gasteiger partial charge in [-0.15, -0.1) is 0 Å². The fourth-order valence-electron chi connectivity index (χ4n) is 2.54. The summed E-state index contributed by atoms with van der Waals surface area (Å²) >= 11 is 0. The summed E-state index contributed by atoms with van der Waals surface area (Å²) in [5.41, 5.74) is 3.04. The normalized spacial score (nSPS) is 10.7. The molecular weight excluding hydrogens is 268 g/mol. The third-order valence-electron chi connectivity index (χ3n) is 3.68. The van der Waals surface area contributed by atoms with Gasteiger partial charge in [-0.3, -0.25) is 0 Å². The topological polar surface area (TPSA) is 25.8 Å². The maximum atomic E-state index is 4.70. The van der Waals surface area contributed by atoms with Gasteiger partial charge in [-0.05, 0) is 29.0 Å². The summed E-state index contributed by atoms with van der Waals surface area (Å²) in [5.74, 6) is 0.736. The highest BCUT2D eigenvalue weighted by atomic mass is 14.9. The molecule has 0 saturated heterocycles. The molecule has 103 valence electrons. The average molecular weight is 281 g/mol. The highest BCUT2D eigenvalue weighted by molar-refractivity contribution is 5.86. The van der Waals surface area contributed by atoms with Crippen LogP contribution in [0.5, 0.6) is 0 Å². The van der Waals surface area contributed by atoms with Crippen LogP contribution < -0.4 is 0 Å². The largest absolute Gasteiger partial charge is 0.237 e. The van der Waals surface area contributed by atoms with Crippen LogP contribution >= 0.6 is 0 Å². The van der Waals surface area contributed by atoms with Gasteiger partial charge in [0.1, 0.15) is 0 Å². The predicted octanol–water partition coefficient (Wildman–Crippen LogP) is 4.76. The van der Waals surface area contributed by atoms with Gasteiger partial charge in [0.25, 0.3) is 0 Å². The summed E-state index contributed by atoms with van der Waals surface area (Å²) in [6, 6.07) is 27.4. The molecule has 1 radical (unpaired) electrons. The molecular formula is C20H13N2. The molecule has 0 aliphatic heterocycles. The minimum Gasteiger partial charge on any atom is -0.237 e. The molecule has 0 aliphatic rings. The molecule has 0 unspecified atom stereocenters. The second-order valence-corrected chi connectivity index (χ2v) is 5.12. The Bertz CT molecular complexity index is 930. The van der Waals surface area contributed by atoms with E-state index in [2.05, 4.69) is 53.5 Å². The number of benzene rings is 3. The number of nitrogens with zero attached hydrogens (tertiary/aromatic N) is 2. The molecule has 1 heterocycles. The highest BCUT2D eigenvalue weighted by Crippen LogP contribution is 2.24. The van der Waals surface area contributed by atoms with E-state index in [1.54, 1.807) is 0 Å². The monoisotopic (exact) mass is 281 g/mol. The van der Waals surface area contributed by atoms with Crippen molar-refractivity contribution in [3.05, 3.63) is 85.1 Å². The first-order chi connectivity index (χ1) is 10.9. The summed E-state index contributed by atoms with van der Waals surface area (Å²) in [7, 11) is 0. The Morgan fingerprint density at radius 3 is 2.41 bits per heavy atom. The number of fused-ring (bicyclic) bond motifs is 1. The van der Waals surface area contributed by atoms with E-state index < -0.39 is 0 Å². The SMILES string of the molecule is [c]1ccc(-c2nccc(-c3ccc4ccccc4c3)n2)cc1. The van der Waals surface area contributed by atoms with Crippen molar-refractivity contribution in [3.63, 3.8) is 0 Å². The zero-order valence-corrected chi connectivity index (χ0v) is 11.9. The van der Waals surface area contributed by atoms with Crippen molar-refractivity contribution in [2.24, 2.45) is 0 Å². The molecule has 0 amide bonds. The van der Waals surface area contributed by atoms with Crippen molar-refractivity contribution >= 4 is 10.8 Å². The summed E-state index contributed by atoms with van der Waals surface area (Å²) in [6.45, 7) is 0. The van der Waals surface area contributed by atoms with E-state index in [-0.39, 0.29) is 0 Å². The fourth-order valence-corrected chi connectivity index (χ4v) is 2.54. The fraction of sp³-hybridized carbons (Fsp3) is 0. The van der Waals surface area contributed by atoms with Crippen LogP contribution in [-0.4, -0.2) is 9.97 Å². The maximum Gasteiger partial charge on any atom is 0.159 e. The van der Waals surface area contributed by atoms with Crippen LogP contribution in [0.15, 0.2) is 79.0 Å². The van der Waals surface area contributed by atoms with Gasteiger partial charge in [0.15, 0.2) is 5.82 Å². The summed E-state index contributed by atoms with van der Waals surface area (Å²) in [4.78, 5) is 9.07. The van der Waals surface area contributed by atoms with E-state index in [1.807, 2.05) is 36.5 Å². The first-order valence-electron chi connectivity index (χ1n) is 7.19. The van der Waals surface area contributed by atoms with Crippen LogP contribution in [-0.2, 0) is 0 Å². The molecule has 2 nitrogen and oxygen atoms in total. The van der Waals surface area contributed by atoms with Gasteiger partial charge < -0.3 is 0 Å². The summed E-state index contributed by atoms with van der Waals surface area (Å²) < 4.78 is 0. The molecule has 0 saturated carbocycles. The van der Waals surface area contributed by atoms with Gasteiger partial charge in [-0.2, -0.15) is 0 Å². The molecule has 0 N–H and O–H groups in total. The molecule has 4 rings (SSSR count). The Morgan fingerprint density at radius 2 is 1.55 bits per heavy atom. The van der Waals surface area contributed by atoms with E-state index in [0.717, 1.165) is 22.6 Å². The molecule has 2 heteroatoms. The number of aromatic nitrogens is 2. The third-order valence-corrected chi connectivity index (χ3v) is 3.68. The zero-order valence-electron chi connectivity index (χ0n) is 11.9. The Balaban J connectivity index is 1.81. The van der Waals surface area contributed by atoms with E-state index in [0.29, 0.717) is 0 Å². The van der Waals surface area contributed by atoms with Crippen LogP contribution in [0, 0.1) is 6.07 Å². The molecule has 1 aromatic heterocycles. The van der Waals surface area contributed by atoms with Crippen LogP contribution in [0.3, 0.4) is 0 Å². The van der Waals surface area contributed by atoms with Crippen molar-refractivity contribution in [2.45, 2.75) is 0 Å². The lowest BCUT2D eigenvalue weighted by atomic mass is 10.0. The summed E-state index contributed by atoms with van der Waals surface area (Å²) in [5, 5.41) is 2.45. The van der Waals surface area contributed by atoms with Crippen LogP contribution in [0.25, 0.3) is 33.4 Å². The standard InChI is InChI=1S/C20H13N2/c1-2-7-16(8-3-1)20-21-13-12-19(22-20)18-11-10-15-6-4-5-9-17(15)14-18/h2-14H. The third kappa shape index (κ3) is 2.35. The van der Waals surface area contributed by atoms with Crippen molar-refractivity contribution in [1.29, 1.82) is 0 Å². The van der Waals surface area contributed by atoms with E-state index in [1.165, 1.54) is 10.8 Å². The minimum absolute atomic E-state index is 0.736. The number of hydrogen-bond acceptors (Lipinski definition) is 2. The van der Waals surface area contributed by atoms with Crippen LogP contribution in [0.1, 0.15) is 0 Å². The molecule has 0 bridgehead atoms. The van der Waals surface area contributed by atoms with Crippen LogP contribution in [0.2, 0.25) is 0 Å². The maximum absolute atomic E-state index is 4.70. The minimum atomic E-state index is 0.736. The number of hydrogen-bond donors (Lipinski definition) is 0. The van der Waals surface area contributed by atoms with Crippen molar-refractivity contribution in [3.8, 4) is 22.6 Å². The van der Waals surface area contributed by atoms with Gasteiger partial charge in [-0.1, -0.05) is 60.7 Å². The zero-order chi connectivity index (χ0) is 14.8. The Labute approximate surface area is 129 Å². The van der Waals surface area contributed by atoms with Gasteiger partial charge in [-0.25, -0.2) is 9.97 Å². The predicted molar refractivity (Wildman–Crippen MR) is 89.2 cm³/mol. The second-order valence-electron chi connectivity index (χ2n) is 5.12. The molecule has 0 spiro atoms. The highest BCUT2D eigenvalue weighted by Gasteiger charge is 2.05. The Hall–Kier alpha value is -3.00. The molecule has 0 atom stereocenters. The molecule has 3 aromatic carbocycles. The van der Waals surface area contributed by atoms with Gasteiger partial charge in [0.2, 0.25) is 0 Å². The average Bonchev–Trinajstić information content (AvgIpc) is 2.62. The lowest BCUT2D eigenvalue weighted by Gasteiger charge is -2.05. The smallest absolute Gasteiger partial charge is 0.159 e. The van der Waals surface area contributed by atoms with E-state index >= 15 is 0 Å². The molecule has 22 heavy (non-hydrogen) atoms.